The summed E-state index contributed by atoms with van der Waals surface area (Å²) in [6, 6.07) is 4.71. The van der Waals surface area contributed by atoms with Gasteiger partial charge in [-0.2, -0.15) is 0 Å². The zero-order valence-corrected chi connectivity index (χ0v) is 11.0. The van der Waals surface area contributed by atoms with Gasteiger partial charge in [0.05, 0.1) is 18.1 Å². The van der Waals surface area contributed by atoms with E-state index in [0.29, 0.717) is 27.2 Å². The number of nitrogens with two attached hydrogens (primary N) is 1. The van der Waals surface area contributed by atoms with E-state index < -0.39 is 24.9 Å². The van der Waals surface area contributed by atoms with Crippen LogP contribution in [0.25, 0.3) is 10.8 Å². The number of nitrogens with zero attached hydrogens (tertiary/aromatic N) is 2. The van der Waals surface area contributed by atoms with Crippen molar-refractivity contribution in [2.75, 3.05) is 18.8 Å². The minimum atomic E-state index is -2.78. The minimum Gasteiger partial charge on any atom is -0.383 e. The smallest absolute Gasteiger partial charge is 0.282 e. The van der Waals surface area contributed by atoms with E-state index in [9.17, 15) is 13.6 Å². The minimum absolute atomic E-state index is 0.305. The average molecular weight is 298 g/mol. The van der Waals surface area contributed by atoms with Crippen LogP contribution < -0.4 is 5.73 Å². The third-order valence-corrected chi connectivity index (χ3v) is 3.55. The monoisotopic (exact) mass is 297 g/mol. The number of aromatic nitrogens is 1. The molecule has 1 aromatic heterocycles. The fraction of sp³-hybridized carbons (Fsp3) is 0.231. The maximum absolute atomic E-state index is 12.8. The maximum Gasteiger partial charge on any atom is 0.282 e. The number of carbonyl (C=O) groups excluding carboxylic acids is 1. The Morgan fingerprint density at radius 2 is 2.05 bits per heavy atom. The van der Waals surface area contributed by atoms with Gasteiger partial charge in [-0.05, 0) is 18.2 Å². The Balaban J connectivity index is 1.97. The lowest BCUT2D eigenvalue weighted by Gasteiger charge is -2.38. The third-order valence-electron chi connectivity index (χ3n) is 3.25. The van der Waals surface area contributed by atoms with Crippen LogP contribution in [0.3, 0.4) is 0 Å². The van der Waals surface area contributed by atoms with Crippen molar-refractivity contribution in [1.82, 2.24) is 9.88 Å². The molecule has 0 aliphatic carbocycles. The van der Waals surface area contributed by atoms with Gasteiger partial charge in [-0.25, -0.2) is 13.8 Å². The molecule has 1 saturated heterocycles. The van der Waals surface area contributed by atoms with Gasteiger partial charge in [0, 0.05) is 22.5 Å². The first-order valence-electron chi connectivity index (χ1n) is 5.88. The molecule has 4 nitrogen and oxygen atoms in total. The quantitative estimate of drug-likeness (QED) is 0.880. The lowest BCUT2D eigenvalue weighted by molar-refractivity contribution is -0.113. The fourth-order valence-electron chi connectivity index (χ4n) is 2.20. The number of carbonyl (C=O) groups is 1. The molecule has 20 heavy (non-hydrogen) atoms. The summed E-state index contributed by atoms with van der Waals surface area (Å²) in [6.07, 6.45) is 1.39. The standard InChI is InChI=1S/C13H10ClF2N3O/c14-10-4-18-11(17)8-2-1-7(3-9(8)10)12(20)19-5-13(15,16)6-19/h1-4H,5-6H2,(H2,17,18). The number of anilines is 1. The van der Waals surface area contributed by atoms with Crippen LogP contribution in [0.5, 0.6) is 0 Å². The SMILES string of the molecule is Nc1ncc(Cl)c2cc(C(=O)N3CC(F)(F)C3)ccc12. The Bertz CT molecular complexity index is 712. The van der Waals surface area contributed by atoms with Crippen LogP contribution >= 0.6 is 11.6 Å². The lowest BCUT2D eigenvalue weighted by Crippen LogP contribution is -2.58. The normalized spacial score (nSPS) is 17.1. The summed E-state index contributed by atoms with van der Waals surface area (Å²) >= 11 is 6.02. The molecule has 1 aliphatic heterocycles. The van der Waals surface area contributed by atoms with Gasteiger partial charge >= 0.3 is 0 Å². The number of hydrogen-bond acceptors (Lipinski definition) is 3. The molecular weight excluding hydrogens is 288 g/mol. The van der Waals surface area contributed by atoms with Crippen molar-refractivity contribution in [2.24, 2.45) is 0 Å². The van der Waals surface area contributed by atoms with Crippen molar-refractivity contribution >= 4 is 34.1 Å². The van der Waals surface area contributed by atoms with E-state index in [4.69, 9.17) is 17.3 Å². The van der Waals surface area contributed by atoms with E-state index in [1.807, 2.05) is 0 Å². The molecule has 2 aromatic rings. The molecule has 1 aromatic carbocycles. The Morgan fingerprint density at radius 1 is 1.35 bits per heavy atom. The van der Waals surface area contributed by atoms with Crippen molar-refractivity contribution in [2.45, 2.75) is 5.92 Å². The summed E-state index contributed by atoms with van der Waals surface area (Å²) in [5, 5.41) is 1.57. The summed E-state index contributed by atoms with van der Waals surface area (Å²) in [4.78, 5) is 17.1. The number of rotatable bonds is 1. The van der Waals surface area contributed by atoms with Gasteiger partial charge < -0.3 is 10.6 Å². The highest BCUT2D eigenvalue weighted by Crippen LogP contribution is 2.31. The van der Waals surface area contributed by atoms with Crippen LogP contribution in [0.1, 0.15) is 10.4 Å². The van der Waals surface area contributed by atoms with E-state index in [1.165, 1.54) is 12.3 Å². The van der Waals surface area contributed by atoms with Gasteiger partial charge in [-0.3, -0.25) is 4.79 Å². The summed E-state index contributed by atoms with van der Waals surface area (Å²) < 4.78 is 25.6. The van der Waals surface area contributed by atoms with Crippen molar-refractivity contribution < 1.29 is 13.6 Å². The summed E-state index contributed by atoms with van der Waals surface area (Å²) in [5.41, 5.74) is 6.03. The van der Waals surface area contributed by atoms with Crippen molar-refractivity contribution in [1.29, 1.82) is 0 Å². The van der Waals surface area contributed by atoms with Crippen LogP contribution in [0.15, 0.2) is 24.4 Å². The maximum atomic E-state index is 12.8. The molecule has 7 heteroatoms. The zero-order valence-electron chi connectivity index (χ0n) is 10.2. The van der Waals surface area contributed by atoms with Crippen LogP contribution in [-0.2, 0) is 0 Å². The van der Waals surface area contributed by atoms with E-state index in [-0.39, 0.29) is 0 Å². The molecule has 0 bridgehead atoms. The second-order valence-electron chi connectivity index (χ2n) is 4.77. The van der Waals surface area contributed by atoms with Crippen LogP contribution in [0.2, 0.25) is 5.02 Å². The first kappa shape index (κ1) is 13.1. The molecule has 1 fully saturated rings. The highest BCUT2D eigenvalue weighted by molar-refractivity contribution is 6.35. The number of pyridine rings is 1. The molecule has 2 N–H and O–H groups in total. The largest absolute Gasteiger partial charge is 0.383 e. The van der Waals surface area contributed by atoms with Gasteiger partial charge in [-0.1, -0.05) is 11.6 Å². The van der Waals surface area contributed by atoms with E-state index >= 15 is 0 Å². The second kappa shape index (κ2) is 4.28. The molecule has 0 radical (unpaired) electrons. The average Bonchev–Trinajstić information content (AvgIpc) is 2.39. The first-order chi connectivity index (χ1) is 9.37. The Kier molecular flexibility index (Phi) is 2.79. The van der Waals surface area contributed by atoms with Crippen molar-refractivity contribution in [3.8, 4) is 0 Å². The number of nitrogen functional groups attached to an aromatic ring is 1. The van der Waals surface area contributed by atoms with Crippen LogP contribution in [-0.4, -0.2) is 34.8 Å². The predicted molar refractivity (Wildman–Crippen MR) is 72.0 cm³/mol. The molecule has 2 heterocycles. The number of halogens is 3. The second-order valence-corrected chi connectivity index (χ2v) is 5.18. The Hall–Kier alpha value is -1.95. The topological polar surface area (TPSA) is 59.2 Å². The summed E-state index contributed by atoms with van der Waals surface area (Å²) in [7, 11) is 0. The van der Waals surface area contributed by atoms with Gasteiger partial charge in [0.25, 0.3) is 11.8 Å². The molecule has 1 amide bonds. The fourth-order valence-corrected chi connectivity index (χ4v) is 2.41. The molecule has 0 spiro atoms. The first-order valence-corrected chi connectivity index (χ1v) is 6.26. The van der Waals surface area contributed by atoms with E-state index in [0.717, 1.165) is 4.90 Å². The molecule has 0 saturated carbocycles. The Morgan fingerprint density at radius 3 is 2.70 bits per heavy atom. The Labute approximate surface area is 118 Å². The van der Waals surface area contributed by atoms with Gasteiger partial charge in [-0.15, -0.1) is 0 Å². The molecular formula is C13H10ClF2N3O. The summed E-state index contributed by atoms with van der Waals surface area (Å²) in [5.74, 6) is -2.92. The predicted octanol–water partition coefficient (Wildman–Crippen LogP) is 2.56. The lowest BCUT2D eigenvalue weighted by atomic mass is 10.0. The number of amides is 1. The van der Waals surface area contributed by atoms with E-state index in [2.05, 4.69) is 4.98 Å². The van der Waals surface area contributed by atoms with Crippen molar-refractivity contribution in [3.63, 3.8) is 0 Å². The van der Waals surface area contributed by atoms with Gasteiger partial charge in [0.15, 0.2) is 0 Å². The molecule has 0 unspecified atom stereocenters. The van der Waals surface area contributed by atoms with Crippen LogP contribution in [0, 0.1) is 0 Å². The van der Waals surface area contributed by atoms with Crippen molar-refractivity contribution in [3.05, 3.63) is 35.0 Å². The molecule has 3 rings (SSSR count). The van der Waals surface area contributed by atoms with Gasteiger partial charge in [0.2, 0.25) is 0 Å². The molecule has 1 aliphatic rings. The number of likely N-dealkylation sites (tertiary alicyclic amines) is 1. The van der Waals surface area contributed by atoms with Gasteiger partial charge in [0.1, 0.15) is 5.82 Å². The number of alkyl halides is 2. The highest BCUT2D eigenvalue weighted by atomic mass is 35.5. The van der Waals surface area contributed by atoms with Crippen LogP contribution in [0.4, 0.5) is 14.6 Å². The molecule has 0 atom stereocenters. The number of fused-ring (bicyclic) bond motifs is 1. The zero-order chi connectivity index (χ0) is 14.5. The molecule has 104 valence electrons. The summed E-state index contributed by atoms with van der Waals surface area (Å²) in [6.45, 7) is -1.09. The highest BCUT2D eigenvalue weighted by Gasteiger charge is 2.46. The third kappa shape index (κ3) is 2.06. The van der Waals surface area contributed by atoms with E-state index in [1.54, 1.807) is 12.1 Å². The number of hydrogen-bond donors (Lipinski definition) is 1. The number of benzene rings is 1.